The van der Waals surface area contributed by atoms with Crippen LogP contribution in [0, 0.1) is 24.2 Å². The van der Waals surface area contributed by atoms with Crippen LogP contribution in [0.3, 0.4) is 0 Å². The molecule has 1 fully saturated rings. The first-order valence-electron chi connectivity index (χ1n) is 6.70. The normalized spacial score (nSPS) is 23.6. The lowest BCUT2D eigenvalue weighted by Gasteiger charge is -2.08. The van der Waals surface area contributed by atoms with E-state index in [9.17, 15) is 4.79 Å². The third kappa shape index (κ3) is 2.70. The maximum Gasteiger partial charge on any atom is 0.228 e. The number of carbonyl (C=O) groups excluding carboxylic acids is 1. The van der Waals surface area contributed by atoms with Crippen molar-refractivity contribution < 1.29 is 4.79 Å². The molecular formula is C16H22N2O. The van der Waals surface area contributed by atoms with Crippen LogP contribution in [0.25, 0.3) is 0 Å². The summed E-state index contributed by atoms with van der Waals surface area (Å²) in [5.41, 5.74) is 3.18. The molecule has 0 saturated heterocycles. The number of hydrogen-bond acceptors (Lipinski definition) is 2. The molecule has 0 bridgehead atoms. The van der Waals surface area contributed by atoms with Gasteiger partial charge in [0, 0.05) is 18.1 Å². The largest absolute Gasteiger partial charge is 0.325 e. The molecule has 1 aliphatic rings. The smallest absolute Gasteiger partial charge is 0.228 e. The number of amides is 1. The average molecular weight is 258 g/mol. The third-order valence-electron chi connectivity index (χ3n) is 3.98. The van der Waals surface area contributed by atoms with Gasteiger partial charge in [0.1, 0.15) is 0 Å². The lowest BCUT2D eigenvalue weighted by molar-refractivity contribution is -0.118. The van der Waals surface area contributed by atoms with Crippen LogP contribution in [0.5, 0.6) is 0 Å². The van der Waals surface area contributed by atoms with Crippen molar-refractivity contribution in [2.45, 2.75) is 34.6 Å². The van der Waals surface area contributed by atoms with Crippen LogP contribution in [0.2, 0.25) is 0 Å². The van der Waals surface area contributed by atoms with Gasteiger partial charge >= 0.3 is 0 Å². The number of allylic oxidation sites excluding steroid dienone is 2. The lowest BCUT2D eigenvalue weighted by Crippen LogP contribution is -2.17. The van der Waals surface area contributed by atoms with Gasteiger partial charge in [0.2, 0.25) is 5.91 Å². The summed E-state index contributed by atoms with van der Waals surface area (Å²) < 4.78 is 0. The predicted molar refractivity (Wildman–Crippen MR) is 77.8 cm³/mol. The molecule has 19 heavy (non-hydrogen) atoms. The number of pyridine rings is 1. The number of hydrogen-bond donors (Lipinski definition) is 1. The molecule has 1 aromatic rings. The highest BCUT2D eigenvalue weighted by molar-refractivity contribution is 5.96. The fraction of sp³-hybridized carbons (Fsp3) is 0.500. The van der Waals surface area contributed by atoms with E-state index in [4.69, 9.17) is 0 Å². The van der Waals surface area contributed by atoms with Gasteiger partial charge in [0.05, 0.1) is 5.92 Å². The number of aromatic nitrogens is 1. The molecule has 0 radical (unpaired) electrons. The van der Waals surface area contributed by atoms with E-state index in [1.807, 2.05) is 13.0 Å². The van der Waals surface area contributed by atoms with Gasteiger partial charge in [-0.1, -0.05) is 25.5 Å². The van der Waals surface area contributed by atoms with Crippen LogP contribution in [0.15, 0.2) is 30.1 Å². The summed E-state index contributed by atoms with van der Waals surface area (Å²) >= 11 is 0. The van der Waals surface area contributed by atoms with Crippen molar-refractivity contribution in [1.29, 1.82) is 0 Å². The molecule has 0 spiro atoms. The van der Waals surface area contributed by atoms with Gasteiger partial charge in [0.25, 0.3) is 0 Å². The Labute approximate surface area is 115 Å². The van der Waals surface area contributed by atoms with Crippen molar-refractivity contribution in [2.75, 3.05) is 5.32 Å². The standard InChI is InChI=1S/C16H22N2O/c1-10(2)8-12-14(16(12,4)5)15(19)18-13-6-7-17-9-11(13)3/h6-9,12,14H,1-5H3,(H,17,18,19)/t12-,14-/m0/s1. The molecule has 3 heteroatoms. The van der Waals surface area contributed by atoms with Gasteiger partial charge in [-0.3, -0.25) is 9.78 Å². The lowest BCUT2D eigenvalue weighted by atomic mass is 10.1. The Morgan fingerprint density at radius 2 is 2.11 bits per heavy atom. The van der Waals surface area contributed by atoms with Crippen LogP contribution >= 0.6 is 0 Å². The number of aryl methyl sites for hydroxylation is 1. The van der Waals surface area contributed by atoms with Crippen molar-refractivity contribution >= 4 is 11.6 Å². The van der Waals surface area contributed by atoms with E-state index in [0.29, 0.717) is 5.92 Å². The van der Waals surface area contributed by atoms with Crippen LogP contribution in [0.4, 0.5) is 5.69 Å². The molecule has 1 N–H and O–H groups in total. The van der Waals surface area contributed by atoms with E-state index < -0.39 is 0 Å². The molecule has 1 saturated carbocycles. The molecule has 0 aliphatic heterocycles. The fourth-order valence-corrected chi connectivity index (χ4v) is 2.67. The Morgan fingerprint density at radius 1 is 1.42 bits per heavy atom. The molecule has 102 valence electrons. The second-order valence-electron chi connectivity index (χ2n) is 6.25. The maximum absolute atomic E-state index is 12.4. The summed E-state index contributed by atoms with van der Waals surface area (Å²) in [5, 5.41) is 3.02. The van der Waals surface area contributed by atoms with Crippen molar-refractivity contribution in [2.24, 2.45) is 17.3 Å². The summed E-state index contributed by atoms with van der Waals surface area (Å²) in [6.45, 7) is 10.4. The Morgan fingerprint density at radius 3 is 2.68 bits per heavy atom. The monoisotopic (exact) mass is 258 g/mol. The first-order valence-corrected chi connectivity index (χ1v) is 6.70. The highest BCUT2D eigenvalue weighted by atomic mass is 16.2. The minimum absolute atomic E-state index is 0.0578. The zero-order chi connectivity index (χ0) is 14.2. The minimum Gasteiger partial charge on any atom is -0.325 e. The van der Waals surface area contributed by atoms with Crippen LogP contribution < -0.4 is 5.32 Å². The van der Waals surface area contributed by atoms with Crippen molar-refractivity contribution in [3.8, 4) is 0 Å². The minimum atomic E-state index is 0.0578. The second kappa shape index (κ2) is 4.80. The molecular weight excluding hydrogens is 236 g/mol. The highest BCUT2D eigenvalue weighted by Gasteiger charge is 2.60. The summed E-state index contributed by atoms with van der Waals surface area (Å²) in [7, 11) is 0. The van der Waals surface area contributed by atoms with E-state index in [0.717, 1.165) is 11.3 Å². The Balaban J connectivity index is 2.10. The van der Waals surface area contributed by atoms with Gasteiger partial charge in [-0.2, -0.15) is 0 Å². The number of nitrogens with one attached hydrogen (secondary N) is 1. The van der Waals surface area contributed by atoms with Gasteiger partial charge in [-0.05, 0) is 43.7 Å². The molecule has 0 unspecified atom stereocenters. The van der Waals surface area contributed by atoms with Gasteiger partial charge in [-0.15, -0.1) is 0 Å². The molecule has 1 aromatic heterocycles. The molecule has 2 atom stereocenters. The Hall–Kier alpha value is -1.64. The van der Waals surface area contributed by atoms with Crippen molar-refractivity contribution in [3.63, 3.8) is 0 Å². The number of carbonyl (C=O) groups is 1. The van der Waals surface area contributed by atoms with E-state index in [1.165, 1.54) is 5.57 Å². The van der Waals surface area contributed by atoms with Crippen molar-refractivity contribution in [3.05, 3.63) is 35.7 Å². The summed E-state index contributed by atoms with van der Waals surface area (Å²) in [4.78, 5) is 16.4. The van der Waals surface area contributed by atoms with E-state index in [1.54, 1.807) is 12.4 Å². The van der Waals surface area contributed by atoms with Crippen LogP contribution in [-0.4, -0.2) is 10.9 Å². The predicted octanol–water partition coefficient (Wildman–Crippen LogP) is 3.57. The third-order valence-corrected chi connectivity index (χ3v) is 3.98. The van der Waals surface area contributed by atoms with E-state index in [-0.39, 0.29) is 17.2 Å². The summed E-state index contributed by atoms with van der Waals surface area (Å²) in [5.74, 6) is 0.524. The van der Waals surface area contributed by atoms with Crippen LogP contribution in [0.1, 0.15) is 33.3 Å². The number of nitrogens with zero attached hydrogens (tertiary/aromatic N) is 1. The number of anilines is 1. The average Bonchev–Trinajstić information content (AvgIpc) is 2.82. The van der Waals surface area contributed by atoms with E-state index in [2.05, 4.69) is 44.1 Å². The molecule has 3 nitrogen and oxygen atoms in total. The van der Waals surface area contributed by atoms with E-state index >= 15 is 0 Å². The first-order chi connectivity index (χ1) is 8.84. The first kappa shape index (κ1) is 13.8. The second-order valence-corrected chi connectivity index (χ2v) is 6.25. The molecule has 1 heterocycles. The quantitative estimate of drug-likeness (QED) is 0.842. The Kier molecular flexibility index (Phi) is 3.48. The summed E-state index contributed by atoms with van der Waals surface area (Å²) in [6, 6.07) is 1.85. The van der Waals surface area contributed by atoms with Gasteiger partial charge < -0.3 is 5.32 Å². The summed E-state index contributed by atoms with van der Waals surface area (Å²) in [6.07, 6.45) is 5.68. The van der Waals surface area contributed by atoms with Crippen LogP contribution in [-0.2, 0) is 4.79 Å². The van der Waals surface area contributed by atoms with Gasteiger partial charge in [-0.25, -0.2) is 0 Å². The van der Waals surface area contributed by atoms with Crippen molar-refractivity contribution in [1.82, 2.24) is 4.98 Å². The number of rotatable bonds is 3. The molecule has 1 aliphatic carbocycles. The zero-order valence-corrected chi connectivity index (χ0v) is 12.3. The van der Waals surface area contributed by atoms with Gasteiger partial charge in [0.15, 0.2) is 0 Å². The molecule has 0 aromatic carbocycles. The Bertz CT molecular complexity index is 527. The maximum atomic E-state index is 12.4. The SMILES string of the molecule is CC(C)=C[C@H]1[C@@H](C(=O)Nc2ccncc2C)C1(C)C. The molecule has 1 amide bonds. The zero-order valence-electron chi connectivity index (χ0n) is 12.3. The highest BCUT2D eigenvalue weighted by Crippen LogP contribution is 2.59. The molecule has 2 rings (SSSR count). The fourth-order valence-electron chi connectivity index (χ4n) is 2.67. The topological polar surface area (TPSA) is 42.0 Å².